The molecule has 0 aromatic heterocycles. The molecule has 1 unspecified atom stereocenters. The van der Waals surface area contributed by atoms with Gasteiger partial charge in [-0.15, -0.1) is 0 Å². The summed E-state index contributed by atoms with van der Waals surface area (Å²) < 4.78 is 0.816. The Labute approximate surface area is 94.4 Å². The summed E-state index contributed by atoms with van der Waals surface area (Å²) in [4.78, 5) is 10.4. The van der Waals surface area contributed by atoms with Crippen molar-refractivity contribution in [2.24, 2.45) is 0 Å². The minimum absolute atomic E-state index is 0.0153. The van der Waals surface area contributed by atoms with Gasteiger partial charge in [-0.2, -0.15) is 0 Å². The summed E-state index contributed by atoms with van der Waals surface area (Å²) in [6.45, 7) is 0. The van der Waals surface area contributed by atoms with Gasteiger partial charge in [-0.05, 0) is 17.7 Å². The molecule has 0 aliphatic rings. The highest BCUT2D eigenvalue weighted by atomic mass is 79.9. The van der Waals surface area contributed by atoms with Crippen molar-refractivity contribution in [2.45, 2.75) is 12.5 Å². The average molecular weight is 280 g/mol. The molecule has 2 N–H and O–H groups in total. The van der Waals surface area contributed by atoms with Gasteiger partial charge in [0, 0.05) is 15.9 Å². The first-order chi connectivity index (χ1) is 6.50. The molecule has 0 amide bonds. The highest BCUT2D eigenvalue weighted by molar-refractivity contribution is 9.10. The quantitative estimate of drug-likeness (QED) is 0.891. The third-order valence-electron chi connectivity index (χ3n) is 1.71. The first-order valence-electron chi connectivity index (χ1n) is 3.85. The van der Waals surface area contributed by atoms with Gasteiger partial charge < -0.3 is 10.2 Å². The predicted octanol–water partition coefficient (Wildman–Crippen LogP) is 2.09. The summed E-state index contributed by atoms with van der Waals surface area (Å²) in [6, 6.07) is 5.08. The SMILES string of the molecule is O=C(O)C(O)Cc1ccc(Br)cc1Cl. The molecule has 76 valence electrons. The van der Waals surface area contributed by atoms with Crippen LogP contribution in [0.1, 0.15) is 5.56 Å². The van der Waals surface area contributed by atoms with Crippen molar-refractivity contribution >= 4 is 33.5 Å². The van der Waals surface area contributed by atoms with Crippen LogP contribution in [0.5, 0.6) is 0 Å². The fraction of sp³-hybridized carbons (Fsp3) is 0.222. The molecule has 3 nitrogen and oxygen atoms in total. The standard InChI is InChI=1S/C9H8BrClO3/c10-6-2-1-5(7(11)4-6)3-8(12)9(13)14/h1-2,4,8,12H,3H2,(H,13,14). The van der Waals surface area contributed by atoms with E-state index in [4.69, 9.17) is 21.8 Å². The minimum Gasteiger partial charge on any atom is -0.479 e. The van der Waals surface area contributed by atoms with Crippen LogP contribution in [0.25, 0.3) is 0 Å². The number of aliphatic hydroxyl groups excluding tert-OH is 1. The number of rotatable bonds is 3. The number of benzene rings is 1. The molecule has 5 heteroatoms. The topological polar surface area (TPSA) is 57.5 Å². The minimum atomic E-state index is -1.41. The largest absolute Gasteiger partial charge is 0.479 e. The Morgan fingerprint density at radius 2 is 2.21 bits per heavy atom. The van der Waals surface area contributed by atoms with E-state index in [9.17, 15) is 4.79 Å². The van der Waals surface area contributed by atoms with E-state index in [1.54, 1.807) is 18.2 Å². The van der Waals surface area contributed by atoms with Gasteiger partial charge in [0.05, 0.1) is 0 Å². The lowest BCUT2D eigenvalue weighted by molar-refractivity contribution is -0.146. The van der Waals surface area contributed by atoms with Crippen molar-refractivity contribution in [3.05, 3.63) is 33.3 Å². The van der Waals surface area contributed by atoms with Crippen LogP contribution >= 0.6 is 27.5 Å². The molecule has 0 saturated carbocycles. The number of carboxylic acids is 1. The van der Waals surface area contributed by atoms with E-state index in [2.05, 4.69) is 15.9 Å². The van der Waals surface area contributed by atoms with Crippen LogP contribution in [0.15, 0.2) is 22.7 Å². The summed E-state index contributed by atoms with van der Waals surface area (Å²) in [7, 11) is 0. The average Bonchev–Trinajstić information content (AvgIpc) is 2.09. The third kappa shape index (κ3) is 2.97. The Balaban J connectivity index is 2.82. The predicted molar refractivity (Wildman–Crippen MR) is 56.5 cm³/mol. The Bertz CT molecular complexity index is 354. The molecule has 1 atom stereocenters. The molecule has 1 aromatic rings. The third-order valence-corrected chi connectivity index (χ3v) is 2.56. The van der Waals surface area contributed by atoms with E-state index in [1.807, 2.05) is 0 Å². The molecule has 0 aliphatic carbocycles. The van der Waals surface area contributed by atoms with E-state index in [-0.39, 0.29) is 6.42 Å². The van der Waals surface area contributed by atoms with Crippen LogP contribution in [-0.4, -0.2) is 22.3 Å². The zero-order chi connectivity index (χ0) is 10.7. The molecule has 0 spiro atoms. The van der Waals surface area contributed by atoms with E-state index < -0.39 is 12.1 Å². The number of carbonyl (C=O) groups is 1. The van der Waals surface area contributed by atoms with Gasteiger partial charge in [0.1, 0.15) is 0 Å². The molecule has 1 rings (SSSR count). The first kappa shape index (κ1) is 11.5. The Kier molecular flexibility index (Phi) is 3.92. The summed E-state index contributed by atoms with van der Waals surface area (Å²) in [6.07, 6.45) is -1.39. The fourth-order valence-corrected chi connectivity index (χ4v) is 1.73. The fourth-order valence-electron chi connectivity index (χ4n) is 0.983. The first-order valence-corrected chi connectivity index (χ1v) is 5.02. The maximum Gasteiger partial charge on any atom is 0.332 e. The molecule has 0 radical (unpaired) electrons. The monoisotopic (exact) mass is 278 g/mol. The van der Waals surface area contributed by atoms with Crippen molar-refractivity contribution in [2.75, 3.05) is 0 Å². The Morgan fingerprint density at radius 3 is 2.71 bits per heavy atom. The molecule has 0 aliphatic heterocycles. The van der Waals surface area contributed by atoms with E-state index in [1.165, 1.54) is 0 Å². The second-order valence-corrected chi connectivity index (χ2v) is 4.12. The van der Waals surface area contributed by atoms with Gasteiger partial charge in [0.25, 0.3) is 0 Å². The van der Waals surface area contributed by atoms with Gasteiger partial charge in [-0.1, -0.05) is 33.6 Å². The summed E-state index contributed by atoms with van der Waals surface area (Å²) in [5, 5.41) is 18.0. The number of halogens is 2. The Morgan fingerprint density at radius 1 is 1.57 bits per heavy atom. The van der Waals surface area contributed by atoms with Crippen LogP contribution in [0.4, 0.5) is 0 Å². The molecule has 0 heterocycles. The molecule has 1 aromatic carbocycles. The van der Waals surface area contributed by atoms with E-state index in [0.29, 0.717) is 10.6 Å². The van der Waals surface area contributed by atoms with Gasteiger partial charge in [0.15, 0.2) is 6.10 Å². The summed E-state index contributed by atoms with van der Waals surface area (Å²) in [5.74, 6) is -1.25. The molecular weight excluding hydrogens is 271 g/mol. The molecular formula is C9H8BrClO3. The van der Waals surface area contributed by atoms with Crippen LogP contribution in [0.2, 0.25) is 5.02 Å². The van der Waals surface area contributed by atoms with Gasteiger partial charge >= 0.3 is 5.97 Å². The number of hydrogen-bond donors (Lipinski definition) is 2. The van der Waals surface area contributed by atoms with Crippen LogP contribution in [-0.2, 0) is 11.2 Å². The summed E-state index contributed by atoms with van der Waals surface area (Å²) in [5.41, 5.74) is 0.616. The van der Waals surface area contributed by atoms with Crippen molar-refractivity contribution in [1.82, 2.24) is 0 Å². The maximum atomic E-state index is 10.4. The lowest BCUT2D eigenvalue weighted by Crippen LogP contribution is -2.22. The number of aliphatic carboxylic acids is 1. The van der Waals surface area contributed by atoms with Crippen molar-refractivity contribution in [3.63, 3.8) is 0 Å². The number of aliphatic hydroxyl groups is 1. The van der Waals surface area contributed by atoms with Crippen molar-refractivity contribution in [1.29, 1.82) is 0 Å². The molecule has 0 fully saturated rings. The molecule has 14 heavy (non-hydrogen) atoms. The maximum absolute atomic E-state index is 10.4. The van der Waals surface area contributed by atoms with E-state index in [0.717, 1.165) is 4.47 Å². The Hall–Kier alpha value is -0.580. The van der Waals surface area contributed by atoms with E-state index >= 15 is 0 Å². The second kappa shape index (κ2) is 4.77. The van der Waals surface area contributed by atoms with Gasteiger partial charge in [-0.25, -0.2) is 4.79 Å². The number of hydrogen-bond acceptors (Lipinski definition) is 2. The van der Waals surface area contributed by atoms with Crippen molar-refractivity contribution < 1.29 is 15.0 Å². The molecule has 0 saturated heterocycles. The van der Waals surface area contributed by atoms with Crippen molar-refractivity contribution in [3.8, 4) is 0 Å². The van der Waals surface area contributed by atoms with Gasteiger partial charge in [0.2, 0.25) is 0 Å². The van der Waals surface area contributed by atoms with Crippen LogP contribution < -0.4 is 0 Å². The summed E-state index contributed by atoms with van der Waals surface area (Å²) >= 11 is 9.07. The smallest absolute Gasteiger partial charge is 0.332 e. The highest BCUT2D eigenvalue weighted by Gasteiger charge is 2.15. The van der Waals surface area contributed by atoms with Crippen LogP contribution in [0, 0.1) is 0 Å². The zero-order valence-corrected chi connectivity index (χ0v) is 9.42. The lowest BCUT2D eigenvalue weighted by atomic mass is 10.1. The zero-order valence-electron chi connectivity index (χ0n) is 7.08. The van der Waals surface area contributed by atoms with Gasteiger partial charge in [-0.3, -0.25) is 0 Å². The number of carboxylic acid groups (broad SMARTS) is 1. The van der Waals surface area contributed by atoms with Crippen LogP contribution in [0.3, 0.4) is 0 Å². The normalized spacial score (nSPS) is 12.5. The second-order valence-electron chi connectivity index (χ2n) is 2.79. The lowest BCUT2D eigenvalue weighted by Gasteiger charge is -2.07. The highest BCUT2D eigenvalue weighted by Crippen LogP contribution is 2.22. The molecule has 0 bridgehead atoms.